The van der Waals surface area contributed by atoms with Gasteiger partial charge in [0.25, 0.3) is 0 Å². The standard InChI is InChI=1S/C25H35N5O3S/c1-17(2)15-28-23(32)22-20(10-13-34-22)30-24(28)26-29(25(30)33)16-21(31)27-11-8-19(9-12-27)14-18-6-4-3-5-7-18/h3-7,17,19-20,22,24,26H,8-16H2,1-2H3. The van der Waals surface area contributed by atoms with Crippen LogP contribution < -0.4 is 5.43 Å². The van der Waals surface area contributed by atoms with E-state index in [1.54, 1.807) is 16.7 Å². The highest BCUT2D eigenvalue weighted by Crippen LogP contribution is 2.39. The van der Waals surface area contributed by atoms with E-state index in [1.165, 1.54) is 10.6 Å². The van der Waals surface area contributed by atoms with Crippen LogP contribution in [0.1, 0.15) is 38.7 Å². The summed E-state index contributed by atoms with van der Waals surface area (Å²) in [5, 5.41) is 1.25. The third-order valence-corrected chi connectivity index (χ3v) is 8.76. The minimum atomic E-state index is -0.494. The summed E-state index contributed by atoms with van der Waals surface area (Å²) in [4.78, 5) is 45.1. The lowest BCUT2D eigenvalue weighted by atomic mass is 9.90. The number of thioether (sulfide) groups is 1. The second-order valence-corrected chi connectivity index (χ2v) is 11.6. The Hall–Kier alpha value is -2.26. The van der Waals surface area contributed by atoms with Gasteiger partial charge in [-0.2, -0.15) is 5.43 Å². The monoisotopic (exact) mass is 485 g/mol. The number of hydrogen-bond acceptors (Lipinski definition) is 5. The number of hydrazine groups is 1. The van der Waals surface area contributed by atoms with Crippen molar-refractivity contribution in [3.63, 3.8) is 0 Å². The number of likely N-dealkylation sites (tertiary alicyclic amines) is 1. The molecule has 8 nitrogen and oxygen atoms in total. The molecule has 0 saturated carbocycles. The zero-order chi connectivity index (χ0) is 23.8. The molecule has 0 aromatic heterocycles. The molecular weight excluding hydrogens is 450 g/mol. The number of amides is 4. The van der Waals surface area contributed by atoms with Crippen molar-refractivity contribution in [2.75, 3.05) is 31.9 Å². The van der Waals surface area contributed by atoms with E-state index in [0.29, 0.717) is 18.4 Å². The van der Waals surface area contributed by atoms with Crippen molar-refractivity contribution in [3.05, 3.63) is 35.9 Å². The van der Waals surface area contributed by atoms with Crippen molar-refractivity contribution in [2.45, 2.75) is 57.1 Å². The second-order valence-electron chi connectivity index (χ2n) is 10.3. The number of nitrogens with zero attached hydrogens (tertiary/aromatic N) is 4. The highest BCUT2D eigenvalue weighted by molar-refractivity contribution is 8.00. The molecule has 3 unspecified atom stereocenters. The van der Waals surface area contributed by atoms with Crippen LogP contribution in [0.2, 0.25) is 0 Å². The summed E-state index contributed by atoms with van der Waals surface area (Å²) in [6.07, 6.45) is 3.33. The van der Waals surface area contributed by atoms with E-state index in [9.17, 15) is 14.4 Å². The van der Waals surface area contributed by atoms with E-state index < -0.39 is 6.29 Å². The van der Waals surface area contributed by atoms with Gasteiger partial charge in [-0.1, -0.05) is 44.2 Å². The highest BCUT2D eigenvalue weighted by atomic mass is 32.2. The van der Waals surface area contributed by atoms with Gasteiger partial charge in [0.2, 0.25) is 11.8 Å². The number of fused-ring (bicyclic) bond motifs is 3. The lowest BCUT2D eigenvalue weighted by Crippen LogP contribution is -2.66. The van der Waals surface area contributed by atoms with Crippen molar-refractivity contribution in [3.8, 4) is 0 Å². The number of carbonyl (C=O) groups is 3. The first kappa shape index (κ1) is 23.5. The van der Waals surface area contributed by atoms with Gasteiger partial charge >= 0.3 is 6.03 Å². The van der Waals surface area contributed by atoms with Gasteiger partial charge in [0.1, 0.15) is 11.8 Å². The molecule has 1 N–H and O–H groups in total. The van der Waals surface area contributed by atoms with Gasteiger partial charge in [0, 0.05) is 19.6 Å². The van der Waals surface area contributed by atoms with Crippen molar-refractivity contribution < 1.29 is 14.4 Å². The molecule has 1 aromatic carbocycles. The Labute approximate surface area is 206 Å². The summed E-state index contributed by atoms with van der Waals surface area (Å²) in [5.41, 5.74) is 4.56. The lowest BCUT2D eigenvalue weighted by molar-refractivity contribution is -0.145. The van der Waals surface area contributed by atoms with E-state index >= 15 is 0 Å². The van der Waals surface area contributed by atoms with Crippen molar-refractivity contribution in [1.82, 2.24) is 25.1 Å². The first-order valence-electron chi connectivity index (χ1n) is 12.5. The molecule has 1 aromatic rings. The van der Waals surface area contributed by atoms with E-state index in [4.69, 9.17) is 0 Å². The normalized spacial score (nSPS) is 27.6. The Morgan fingerprint density at radius 3 is 2.56 bits per heavy atom. The molecule has 0 aliphatic carbocycles. The number of rotatable bonds is 6. The number of benzene rings is 1. The van der Waals surface area contributed by atoms with Gasteiger partial charge in [0.15, 0.2) is 6.29 Å². The molecule has 4 saturated heterocycles. The molecule has 4 aliphatic rings. The fourth-order valence-corrected chi connectivity index (χ4v) is 7.09. The summed E-state index contributed by atoms with van der Waals surface area (Å²) in [6.45, 7) is 6.19. The fraction of sp³-hybridized carbons (Fsp3) is 0.640. The summed E-state index contributed by atoms with van der Waals surface area (Å²) in [7, 11) is 0. The van der Waals surface area contributed by atoms with Gasteiger partial charge in [-0.25, -0.2) is 9.80 Å². The third kappa shape index (κ3) is 4.52. The van der Waals surface area contributed by atoms with Crippen LogP contribution >= 0.6 is 11.8 Å². The molecule has 0 bridgehead atoms. The van der Waals surface area contributed by atoms with Crippen LogP contribution in [0.15, 0.2) is 30.3 Å². The Morgan fingerprint density at radius 2 is 1.85 bits per heavy atom. The summed E-state index contributed by atoms with van der Waals surface area (Å²) >= 11 is 1.65. The zero-order valence-electron chi connectivity index (χ0n) is 20.1. The minimum absolute atomic E-state index is 0.00340. The fourth-order valence-electron chi connectivity index (χ4n) is 5.69. The number of piperidine rings is 1. The van der Waals surface area contributed by atoms with E-state index in [0.717, 1.165) is 44.5 Å². The van der Waals surface area contributed by atoms with Crippen LogP contribution in [0.5, 0.6) is 0 Å². The molecule has 34 heavy (non-hydrogen) atoms. The summed E-state index contributed by atoms with van der Waals surface area (Å²) in [6, 6.07) is 10.2. The number of nitrogens with one attached hydrogen (secondary N) is 1. The quantitative estimate of drug-likeness (QED) is 0.670. The third-order valence-electron chi connectivity index (χ3n) is 7.42. The largest absolute Gasteiger partial charge is 0.341 e. The van der Waals surface area contributed by atoms with Crippen molar-refractivity contribution >= 4 is 29.6 Å². The van der Waals surface area contributed by atoms with Crippen LogP contribution in [0.25, 0.3) is 0 Å². The molecule has 5 rings (SSSR count). The predicted octanol–water partition coefficient (Wildman–Crippen LogP) is 2.37. The molecule has 0 radical (unpaired) electrons. The molecule has 4 amide bonds. The summed E-state index contributed by atoms with van der Waals surface area (Å²) in [5.74, 6) is 1.83. The minimum Gasteiger partial charge on any atom is -0.341 e. The zero-order valence-corrected chi connectivity index (χ0v) is 20.9. The predicted molar refractivity (Wildman–Crippen MR) is 132 cm³/mol. The van der Waals surface area contributed by atoms with Gasteiger partial charge in [0.05, 0.1) is 6.04 Å². The average Bonchev–Trinajstić information content (AvgIpc) is 3.43. The van der Waals surface area contributed by atoms with Crippen LogP contribution in [0.4, 0.5) is 4.79 Å². The lowest BCUT2D eigenvalue weighted by Gasteiger charge is -2.44. The summed E-state index contributed by atoms with van der Waals surface area (Å²) < 4.78 is 0. The van der Waals surface area contributed by atoms with Crippen LogP contribution in [0, 0.1) is 11.8 Å². The molecule has 3 atom stereocenters. The Morgan fingerprint density at radius 1 is 1.12 bits per heavy atom. The number of carbonyl (C=O) groups excluding carboxylic acids is 3. The van der Waals surface area contributed by atoms with Crippen LogP contribution in [0.3, 0.4) is 0 Å². The maximum absolute atomic E-state index is 13.4. The first-order chi connectivity index (χ1) is 16.4. The molecule has 4 aliphatic heterocycles. The molecule has 9 heteroatoms. The maximum atomic E-state index is 13.4. The number of hydrogen-bond donors (Lipinski definition) is 1. The van der Waals surface area contributed by atoms with E-state index in [1.807, 2.05) is 15.9 Å². The van der Waals surface area contributed by atoms with E-state index in [2.05, 4.69) is 43.5 Å². The molecule has 4 fully saturated rings. The van der Waals surface area contributed by atoms with Crippen molar-refractivity contribution in [1.29, 1.82) is 0 Å². The molecule has 0 spiro atoms. The second kappa shape index (κ2) is 9.77. The van der Waals surface area contributed by atoms with Crippen LogP contribution in [-0.4, -0.2) is 87.1 Å². The topological polar surface area (TPSA) is 76.2 Å². The molecule has 4 heterocycles. The maximum Gasteiger partial charge on any atom is 0.337 e. The highest BCUT2D eigenvalue weighted by Gasteiger charge is 2.56. The van der Waals surface area contributed by atoms with Crippen molar-refractivity contribution in [2.24, 2.45) is 11.8 Å². The smallest absolute Gasteiger partial charge is 0.337 e. The average molecular weight is 486 g/mol. The van der Waals surface area contributed by atoms with Gasteiger partial charge in [-0.3, -0.25) is 14.5 Å². The molecular formula is C25H35N5O3S. The first-order valence-corrected chi connectivity index (χ1v) is 13.6. The Kier molecular flexibility index (Phi) is 6.75. The van der Waals surface area contributed by atoms with Gasteiger partial charge in [-0.05, 0) is 48.8 Å². The van der Waals surface area contributed by atoms with E-state index in [-0.39, 0.29) is 35.7 Å². The van der Waals surface area contributed by atoms with Gasteiger partial charge < -0.3 is 9.80 Å². The SMILES string of the molecule is CC(C)CN1C(=O)C2SCCC2N2C(=O)N(CC(=O)N3CCC(Cc4ccccc4)CC3)NC12. The van der Waals surface area contributed by atoms with Gasteiger partial charge in [-0.15, -0.1) is 11.8 Å². The Balaban J connectivity index is 1.20. The number of urea groups is 1. The molecule has 184 valence electrons. The van der Waals surface area contributed by atoms with Crippen LogP contribution in [-0.2, 0) is 16.0 Å². The Bertz CT molecular complexity index is 920.